The van der Waals surface area contributed by atoms with Crippen LogP contribution >= 0.6 is 0 Å². The number of nitrogens with zero attached hydrogens (tertiary/aromatic N) is 3. The Hall–Kier alpha value is -3.71. The lowest BCUT2D eigenvalue weighted by Crippen LogP contribution is -2.33. The lowest BCUT2D eigenvalue weighted by atomic mass is 9.91. The fourth-order valence-electron chi connectivity index (χ4n) is 3.43. The fourth-order valence-corrected chi connectivity index (χ4v) is 3.43. The zero-order valence-electron chi connectivity index (χ0n) is 16.2. The largest absolute Gasteiger partial charge is 0.496 e. The first kappa shape index (κ1) is 20.0. The molecule has 29 heavy (non-hydrogen) atoms. The van der Waals surface area contributed by atoms with Gasteiger partial charge in [-0.15, -0.1) is 5.92 Å². The van der Waals surface area contributed by atoms with Crippen LogP contribution in [0, 0.1) is 29.0 Å². The molecule has 1 aromatic heterocycles. The lowest BCUT2D eigenvalue weighted by Gasteiger charge is -2.17. The van der Waals surface area contributed by atoms with Gasteiger partial charge in [-0.3, -0.25) is 14.6 Å². The van der Waals surface area contributed by atoms with Gasteiger partial charge in [0.25, 0.3) is 0 Å². The van der Waals surface area contributed by atoms with Crippen molar-refractivity contribution in [3.8, 4) is 23.7 Å². The Morgan fingerprint density at radius 2 is 2.03 bits per heavy atom. The number of amides is 1. The zero-order valence-corrected chi connectivity index (χ0v) is 16.2. The molecule has 7 heteroatoms. The average molecular weight is 391 g/mol. The van der Waals surface area contributed by atoms with Gasteiger partial charge in [0.2, 0.25) is 5.91 Å². The van der Waals surface area contributed by atoms with E-state index in [4.69, 9.17) is 10.00 Å². The number of ketones is 1. The monoisotopic (exact) mass is 391 g/mol. The third kappa shape index (κ3) is 3.68. The van der Waals surface area contributed by atoms with E-state index in [2.05, 4.69) is 16.8 Å². The highest BCUT2D eigenvalue weighted by atomic mass is 19.1. The Labute approximate surface area is 167 Å². The molecule has 1 aromatic carbocycles. The second kappa shape index (κ2) is 8.12. The molecule has 2 heterocycles. The van der Waals surface area contributed by atoms with Crippen LogP contribution in [0.5, 0.6) is 5.75 Å². The lowest BCUT2D eigenvalue weighted by molar-refractivity contribution is -0.129. The number of carbonyl (C=O) groups excluding carboxylic acids is 2. The minimum absolute atomic E-state index is 0.0775. The van der Waals surface area contributed by atoms with E-state index in [1.807, 2.05) is 6.07 Å². The third-order valence-corrected chi connectivity index (χ3v) is 4.90. The summed E-state index contributed by atoms with van der Waals surface area (Å²) < 4.78 is 20.1. The van der Waals surface area contributed by atoms with E-state index in [1.54, 1.807) is 19.1 Å². The number of methoxy groups -OCH3 is 1. The standard InChI is InChI=1S/C22H18FN3O3/c1-4-5-13-8-16(23)19(18(9-13)29-3)20-21(27)17(26(2)22(20)28)10-15-7-6-14(11-24)12-25-15/h6-9,12,17,20H,10H2,1-3H3. The maximum absolute atomic E-state index is 14.9. The maximum atomic E-state index is 14.9. The van der Waals surface area contributed by atoms with Gasteiger partial charge in [-0.1, -0.05) is 5.92 Å². The second-order valence-electron chi connectivity index (χ2n) is 6.60. The number of hydrogen-bond acceptors (Lipinski definition) is 5. The fraction of sp³-hybridized carbons (Fsp3) is 0.273. The van der Waals surface area contributed by atoms with Gasteiger partial charge in [0.1, 0.15) is 23.6 Å². The molecule has 0 saturated carbocycles. The predicted octanol–water partition coefficient (Wildman–Crippen LogP) is 2.21. The molecule has 1 saturated heterocycles. The van der Waals surface area contributed by atoms with E-state index < -0.39 is 29.5 Å². The summed E-state index contributed by atoms with van der Waals surface area (Å²) in [4.78, 5) is 31.4. The second-order valence-corrected chi connectivity index (χ2v) is 6.60. The minimum Gasteiger partial charge on any atom is -0.496 e. The number of ether oxygens (including phenoxy) is 1. The number of carbonyl (C=O) groups is 2. The van der Waals surface area contributed by atoms with Crippen molar-refractivity contribution in [2.24, 2.45) is 0 Å². The van der Waals surface area contributed by atoms with Crippen LogP contribution in [0.3, 0.4) is 0 Å². The van der Waals surface area contributed by atoms with Crippen LogP contribution in [0.1, 0.15) is 35.2 Å². The number of nitriles is 1. The van der Waals surface area contributed by atoms with Crippen LogP contribution < -0.4 is 4.74 Å². The van der Waals surface area contributed by atoms with Crippen molar-refractivity contribution < 1.29 is 18.7 Å². The molecule has 146 valence electrons. The van der Waals surface area contributed by atoms with Gasteiger partial charge < -0.3 is 9.64 Å². The summed E-state index contributed by atoms with van der Waals surface area (Å²) in [5, 5.41) is 8.87. The van der Waals surface area contributed by atoms with Crippen molar-refractivity contribution in [2.45, 2.75) is 25.3 Å². The van der Waals surface area contributed by atoms with E-state index in [0.717, 1.165) is 0 Å². The highest BCUT2D eigenvalue weighted by Gasteiger charge is 2.48. The van der Waals surface area contributed by atoms with Gasteiger partial charge in [0.05, 0.1) is 18.7 Å². The summed E-state index contributed by atoms with van der Waals surface area (Å²) in [5.41, 5.74) is 1.28. The van der Waals surface area contributed by atoms with Gasteiger partial charge >= 0.3 is 0 Å². The van der Waals surface area contributed by atoms with Gasteiger partial charge in [0, 0.05) is 36.5 Å². The van der Waals surface area contributed by atoms with Gasteiger partial charge in [-0.05, 0) is 31.2 Å². The number of hydrogen-bond donors (Lipinski definition) is 0. The number of Topliss-reactive ketones (excluding diaryl/α,β-unsaturated/α-hetero) is 1. The van der Waals surface area contributed by atoms with E-state index in [9.17, 15) is 14.0 Å². The number of rotatable bonds is 4. The maximum Gasteiger partial charge on any atom is 0.238 e. The molecule has 0 radical (unpaired) electrons. The van der Waals surface area contributed by atoms with E-state index in [-0.39, 0.29) is 17.7 Å². The van der Waals surface area contributed by atoms with Gasteiger partial charge in [-0.25, -0.2) is 4.39 Å². The summed E-state index contributed by atoms with van der Waals surface area (Å²) in [7, 11) is 2.86. The first-order valence-corrected chi connectivity index (χ1v) is 8.86. The zero-order chi connectivity index (χ0) is 21.1. The molecule has 2 aromatic rings. The van der Waals surface area contributed by atoms with Crippen molar-refractivity contribution in [2.75, 3.05) is 14.2 Å². The number of aromatic nitrogens is 1. The van der Waals surface area contributed by atoms with Crippen LogP contribution in [0.2, 0.25) is 0 Å². The Morgan fingerprint density at radius 1 is 1.28 bits per heavy atom. The van der Waals surface area contributed by atoms with Crippen LogP contribution in [-0.4, -0.2) is 41.8 Å². The molecule has 1 fully saturated rings. The Morgan fingerprint density at radius 3 is 2.62 bits per heavy atom. The third-order valence-electron chi connectivity index (χ3n) is 4.90. The van der Waals surface area contributed by atoms with E-state index >= 15 is 0 Å². The molecule has 0 N–H and O–H groups in total. The van der Waals surface area contributed by atoms with E-state index in [0.29, 0.717) is 16.8 Å². The first-order valence-electron chi connectivity index (χ1n) is 8.86. The van der Waals surface area contributed by atoms with Crippen LogP contribution in [-0.2, 0) is 16.0 Å². The van der Waals surface area contributed by atoms with Crippen molar-refractivity contribution in [3.05, 3.63) is 58.7 Å². The molecule has 0 aliphatic carbocycles. The summed E-state index contributed by atoms with van der Waals surface area (Å²) in [6.45, 7) is 1.62. The first-order chi connectivity index (χ1) is 13.9. The normalized spacial score (nSPS) is 18.2. The molecule has 1 amide bonds. The summed E-state index contributed by atoms with van der Waals surface area (Å²) in [6.07, 6.45) is 1.58. The van der Waals surface area contributed by atoms with Crippen molar-refractivity contribution in [1.29, 1.82) is 5.26 Å². The molecule has 3 rings (SSSR count). The highest BCUT2D eigenvalue weighted by Crippen LogP contribution is 2.37. The Bertz CT molecular complexity index is 1080. The molecule has 6 nitrogen and oxygen atoms in total. The molecule has 0 spiro atoms. The van der Waals surface area contributed by atoms with Crippen LogP contribution in [0.4, 0.5) is 4.39 Å². The molecule has 2 unspecified atom stereocenters. The number of benzene rings is 1. The average Bonchev–Trinajstić information content (AvgIpc) is 2.92. The van der Waals surface area contributed by atoms with Crippen molar-refractivity contribution in [1.82, 2.24) is 9.88 Å². The smallest absolute Gasteiger partial charge is 0.238 e. The minimum atomic E-state index is -1.29. The predicted molar refractivity (Wildman–Crippen MR) is 102 cm³/mol. The molecular formula is C22H18FN3O3. The molecule has 1 aliphatic heterocycles. The summed E-state index contributed by atoms with van der Waals surface area (Å²) in [5.74, 6) is 2.61. The summed E-state index contributed by atoms with van der Waals surface area (Å²) >= 11 is 0. The Balaban J connectivity index is 1.97. The number of halogens is 1. The van der Waals surface area contributed by atoms with Crippen molar-refractivity contribution in [3.63, 3.8) is 0 Å². The van der Waals surface area contributed by atoms with Crippen LogP contribution in [0.15, 0.2) is 30.5 Å². The molecule has 1 aliphatic rings. The molecule has 0 bridgehead atoms. The quantitative estimate of drug-likeness (QED) is 0.589. The number of pyridine rings is 1. The highest BCUT2D eigenvalue weighted by molar-refractivity contribution is 6.15. The Kier molecular flexibility index (Phi) is 5.61. The van der Waals surface area contributed by atoms with Crippen LogP contribution in [0.25, 0.3) is 0 Å². The van der Waals surface area contributed by atoms with Crippen molar-refractivity contribution >= 4 is 11.7 Å². The SMILES string of the molecule is CC#Cc1cc(F)c(C2C(=O)C(Cc3ccc(C#N)cn3)N(C)C2=O)c(OC)c1. The topological polar surface area (TPSA) is 83.3 Å². The van der Waals surface area contributed by atoms with E-state index in [1.165, 1.54) is 37.4 Å². The molecular weight excluding hydrogens is 373 g/mol. The van der Waals surface area contributed by atoms with Gasteiger partial charge in [0.15, 0.2) is 5.78 Å². The van der Waals surface area contributed by atoms with Gasteiger partial charge in [-0.2, -0.15) is 5.26 Å². The summed E-state index contributed by atoms with van der Waals surface area (Å²) in [6, 6.07) is 7.14. The number of likely N-dealkylation sites (tertiary alicyclic amines) is 1. The number of likely N-dealkylation sites (N-methyl/N-ethyl adjacent to an activating group) is 1. The molecule has 2 atom stereocenters.